The number of aliphatic hydroxyl groups excluding tert-OH is 1. The number of amides is 2. The lowest BCUT2D eigenvalue weighted by Crippen LogP contribution is -2.37. The molecule has 1 aromatic rings. The number of nitrogens with one attached hydrogen (secondary N) is 1. The Morgan fingerprint density at radius 1 is 1.45 bits per heavy atom. The molecule has 2 amide bonds. The maximum absolute atomic E-state index is 11.2. The Morgan fingerprint density at radius 2 is 2.15 bits per heavy atom. The Kier molecular flexibility index (Phi) is 7.08. The standard InChI is InChI=1S/C13H20N4O3/c1-20-12-4-2-11(3-5-12)10-16-17(13(14)19)8-6-15-7-9-18/h2-5,10,15,18H,6-9H2,1H3,(H2,14,19)/b16-10-. The summed E-state index contributed by atoms with van der Waals surface area (Å²) in [6, 6.07) is 6.63. The van der Waals surface area contributed by atoms with Crippen LogP contribution in [0.25, 0.3) is 0 Å². The van der Waals surface area contributed by atoms with E-state index in [0.29, 0.717) is 19.6 Å². The molecule has 0 unspecified atom stereocenters. The van der Waals surface area contributed by atoms with Crippen molar-refractivity contribution in [1.82, 2.24) is 10.3 Å². The van der Waals surface area contributed by atoms with Crippen molar-refractivity contribution in [3.05, 3.63) is 29.8 Å². The van der Waals surface area contributed by atoms with Crippen LogP contribution in [0.1, 0.15) is 5.56 Å². The predicted octanol–water partition coefficient (Wildman–Crippen LogP) is -0.00830. The summed E-state index contributed by atoms with van der Waals surface area (Å²) in [7, 11) is 1.59. The zero-order valence-corrected chi connectivity index (χ0v) is 11.5. The van der Waals surface area contributed by atoms with E-state index in [9.17, 15) is 4.79 Å². The summed E-state index contributed by atoms with van der Waals surface area (Å²) in [4.78, 5) is 11.2. The molecule has 0 aliphatic heterocycles. The lowest BCUT2D eigenvalue weighted by atomic mass is 10.2. The van der Waals surface area contributed by atoms with Gasteiger partial charge in [-0.3, -0.25) is 0 Å². The highest BCUT2D eigenvalue weighted by Crippen LogP contribution is 2.09. The molecule has 0 aliphatic rings. The first-order valence-electron chi connectivity index (χ1n) is 6.24. The van der Waals surface area contributed by atoms with E-state index in [1.54, 1.807) is 25.5 Å². The Morgan fingerprint density at radius 3 is 2.70 bits per heavy atom. The molecule has 20 heavy (non-hydrogen) atoms. The third-order valence-corrected chi connectivity index (χ3v) is 2.51. The van der Waals surface area contributed by atoms with E-state index in [2.05, 4.69) is 10.4 Å². The number of carbonyl (C=O) groups excluding carboxylic acids is 1. The fraction of sp³-hybridized carbons (Fsp3) is 0.385. The van der Waals surface area contributed by atoms with Gasteiger partial charge in [-0.05, 0) is 29.8 Å². The van der Waals surface area contributed by atoms with Gasteiger partial charge in [-0.25, -0.2) is 9.80 Å². The second-order valence-corrected chi connectivity index (χ2v) is 3.95. The summed E-state index contributed by atoms with van der Waals surface area (Å²) < 4.78 is 5.05. The number of ether oxygens (including phenoxy) is 1. The molecule has 0 aliphatic carbocycles. The highest BCUT2D eigenvalue weighted by atomic mass is 16.5. The number of hydrazone groups is 1. The van der Waals surface area contributed by atoms with Crippen LogP contribution in [-0.2, 0) is 0 Å². The molecular formula is C13H20N4O3. The fourth-order valence-electron chi connectivity index (χ4n) is 1.44. The van der Waals surface area contributed by atoms with Crippen molar-refractivity contribution in [1.29, 1.82) is 0 Å². The van der Waals surface area contributed by atoms with Crippen molar-refractivity contribution in [2.24, 2.45) is 10.8 Å². The van der Waals surface area contributed by atoms with Crippen LogP contribution in [0.15, 0.2) is 29.4 Å². The Bertz CT molecular complexity index is 434. The van der Waals surface area contributed by atoms with Crippen LogP contribution in [0.3, 0.4) is 0 Å². The van der Waals surface area contributed by atoms with Crippen molar-refractivity contribution in [3.63, 3.8) is 0 Å². The van der Waals surface area contributed by atoms with Crippen molar-refractivity contribution >= 4 is 12.2 Å². The lowest BCUT2D eigenvalue weighted by molar-refractivity contribution is 0.209. The van der Waals surface area contributed by atoms with Gasteiger partial charge in [0.1, 0.15) is 5.75 Å². The van der Waals surface area contributed by atoms with Crippen molar-refractivity contribution in [3.8, 4) is 5.75 Å². The minimum atomic E-state index is -0.624. The monoisotopic (exact) mass is 280 g/mol. The van der Waals surface area contributed by atoms with Crippen LogP contribution in [0.5, 0.6) is 5.75 Å². The summed E-state index contributed by atoms with van der Waals surface area (Å²) in [6.07, 6.45) is 1.55. The summed E-state index contributed by atoms with van der Waals surface area (Å²) in [5.41, 5.74) is 6.07. The number of rotatable bonds is 8. The van der Waals surface area contributed by atoms with Crippen LogP contribution in [0, 0.1) is 0 Å². The van der Waals surface area contributed by atoms with E-state index in [-0.39, 0.29) is 6.61 Å². The van der Waals surface area contributed by atoms with Gasteiger partial charge in [-0.2, -0.15) is 5.10 Å². The third kappa shape index (κ3) is 5.68. The minimum absolute atomic E-state index is 0.0473. The topological polar surface area (TPSA) is 100 Å². The van der Waals surface area contributed by atoms with Crippen LogP contribution in [0.2, 0.25) is 0 Å². The Hall–Kier alpha value is -2.12. The van der Waals surface area contributed by atoms with Gasteiger partial charge in [0.25, 0.3) is 0 Å². The first-order valence-corrected chi connectivity index (χ1v) is 6.24. The van der Waals surface area contributed by atoms with Gasteiger partial charge in [0.05, 0.1) is 26.5 Å². The number of urea groups is 1. The molecule has 0 saturated heterocycles. The van der Waals surface area contributed by atoms with E-state index >= 15 is 0 Å². The molecule has 110 valence electrons. The number of aliphatic hydroxyl groups is 1. The zero-order valence-electron chi connectivity index (χ0n) is 11.5. The molecule has 0 saturated carbocycles. The quantitative estimate of drug-likeness (QED) is 0.354. The van der Waals surface area contributed by atoms with Gasteiger partial charge in [0.2, 0.25) is 0 Å². The number of hydrogen-bond donors (Lipinski definition) is 3. The molecule has 7 heteroatoms. The molecule has 0 spiro atoms. The molecule has 0 aromatic heterocycles. The average molecular weight is 280 g/mol. The number of carbonyl (C=O) groups is 1. The Labute approximate surface area is 118 Å². The van der Waals surface area contributed by atoms with E-state index in [1.807, 2.05) is 12.1 Å². The van der Waals surface area contributed by atoms with Crippen molar-refractivity contribution < 1.29 is 14.6 Å². The smallest absolute Gasteiger partial charge is 0.335 e. The maximum Gasteiger partial charge on any atom is 0.335 e. The fourth-order valence-corrected chi connectivity index (χ4v) is 1.44. The van der Waals surface area contributed by atoms with E-state index < -0.39 is 6.03 Å². The normalized spacial score (nSPS) is 10.7. The van der Waals surface area contributed by atoms with Crippen molar-refractivity contribution in [2.45, 2.75) is 0 Å². The minimum Gasteiger partial charge on any atom is -0.497 e. The third-order valence-electron chi connectivity index (χ3n) is 2.51. The molecule has 7 nitrogen and oxygen atoms in total. The molecule has 0 radical (unpaired) electrons. The Balaban J connectivity index is 2.54. The first-order chi connectivity index (χ1) is 9.67. The van der Waals surface area contributed by atoms with Gasteiger partial charge < -0.3 is 20.9 Å². The number of benzene rings is 1. The molecule has 1 rings (SSSR count). The highest BCUT2D eigenvalue weighted by Gasteiger charge is 2.06. The van der Waals surface area contributed by atoms with Gasteiger partial charge >= 0.3 is 6.03 Å². The molecule has 1 aromatic carbocycles. The zero-order chi connectivity index (χ0) is 14.8. The van der Waals surface area contributed by atoms with E-state index in [1.165, 1.54) is 0 Å². The maximum atomic E-state index is 11.2. The summed E-state index contributed by atoms with van der Waals surface area (Å²) in [6.45, 7) is 1.35. The number of methoxy groups -OCH3 is 1. The van der Waals surface area contributed by atoms with Gasteiger partial charge in [0, 0.05) is 13.1 Å². The molecular weight excluding hydrogens is 260 g/mol. The van der Waals surface area contributed by atoms with E-state index in [4.69, 9.17) is 15.6 Å². The molecule has 0 heterocycles. The van der Waals surface area contributed by atoms with E-state index in [0.717, 1.165) is 16.3 Å². The van der Waals surface area contributed by atoms with Crippen LogP contribution in [0.4, 0.5) is 4.79 Å². The second-order valence-electron chi connectivity index (χ2n) is 3.95. The summed E-state index contributed by atoms with van der Waals surface area (Å²) in [5.74, 6) is 0.752. The van der Waals surface area contributed by atoms with Gasteiger partial charge in [-0.1, -0.05) is 0 Å². The number of primary amides is 1. The first kappa shape index (κ1) is 15.9. The van der Waals surface area contributed by atoms with Gasteiger partial charge in [-0.15, -0.1) is 0 Å². The number of hydrogen-bond acceptors (Lipinski definition) is 5. The predicted molar refractivity (Wildman–Crippen MR) is 76.8 cm³/mol. The second kappa shape index (κ2) is 8.89. The van der Waals surface area contributed by atoms with Gasteiger partial charge in [0.15, 0.2) is 0 Å². The molecule has 0 bridgehead atoms. The average Bonchev–Trinajstić information content (AvgIpc) is 2.46. The highest BCUT2D eigenvalue weighted by molar-refractivity contribution is 5.81. The molecule has 0 atom stereocenters. The lowest BCUT2D eigenvalue weighted by Gasteiger charge is -2.14. The number of nitrogens with two attached hydrogens (primary N) is 1. The SMILES string of the molecule is COc1ccc(/C=N\N(CCNCCO)C(N)=O)cc1. The summed E-state index contributed by atoms with van der Waals surface area (Å²) in [5, 5.41) is 16.8. The molecule has 0 fully saturated rings. The number of nitrogens with zero attached hydrogens (tertiary/aromatic N) is 2. The van der Waals surface area contributed by atoms with Crippen LogP contribution >= 0.6 is 0 Å². The van der Waals surface area contributed by atoms with Crippen LogP contribution in [-0.4, -0.2) is 55.7 Å². The van der Waals surface area contributed by atoms with Crippen molar-refractivity contribution in [2.75, 3.05) is 33.4 Å². The largest absolute Gasteiger partial charge is 0.497 e. The molecule has 4 N–H and O–H groups in total. The summed E-state index contributed by atoms with van der Waals surface area (Å²) >= 11 is 0. The van der Waals surface area contributed by atoms with Crippen LogP contribution < -0.4 is 15.8 Å².